The van der Waals surface area contributed by atoms with E-state index in [0.29, 0.717) is 22.2 Å². The topological polar surface area (TPSA) is 89.6 Å². The molecule has 1 aromatic heterocycles. The number of benzene rings is 1. The zero-order chi connectivity index (χ0) is 21.2. The predicted octanol–water partition coefficient (Wildman–Crippen LogP) is 4.38. The van der Waals surface area contributed by atoms with Gasteiger partial charge in [-0.3, -0.25) is 14.9 Å². The first-order chi connectivity index (χ1) is 15.2. The highest BCUT2D eigenvalue weighted by Gasteiger charge is 2.32. The van der Waals surface area contributed by atoms with Gasteiger partial charge in [0.15, 0.2) is 16.6 Å². The number of amides is 2. The third-order valence-corrected chi connectivity index (χ3v) is 7.37. The molecule has 31 heavy (non-hydrogen) atoms. The van der Waals surface area contributed by atoms with Gasteiger partial charge in [-0.15, -0.1) is 11.3 Å². The van der Waals surface area contributed by atoms with Crippen molar-refractivity contribution in [1.82, 2.24) is 10.3 Å². The molecule has 3 aliphatic rings. The number of hydrogen-bond acceptors (Lipinski definition) is 6. The van der Waals surface area contributed by atoms with Crippen LogP contribution in [0.15, 0.2) is 18.2 Å². The van der Waals surface area contributed by atoms with E-state index in [1.165, 1.54) is 37.0 Å². The normalized spacial score (nSPS) is 20.6. The second-order valence-electron chi connectivity index (χ2n) is 8.49. The zero-order valence-corrected chi connectivity index (χ0v) is 18.3. The van der Waals surface area contributed by atoms with Gasteiger partial charge in [0, 0.05) is 16.5 Å². The summed E-state index contributed by atoms with van der Waals surface area (Å²) in [4.78, 5) is 31.5. The number of nitrogens with zero attached hydrogens (tertiary/aromatic N) is 1. The van der Waals surface area contributed by atoms with Crippen molar-refractivity contribution < 1.29 is 19.1 Å². The first-order valence-electron chi connectivity index (χ1n) is 11.2. The Bertz CT molecular complexity index is 981. The fraction of sp³-hybridized carbons (Fsp3) is 0.522. The Kier molecular flexibility index (Phi) is 5.80. The molecule has 0 saturated heterocycles. The highest BCUT2D eigenvalue weighted by molar-refractivity contribution is 7.16. The summed E-state index contributed by atoms with van der Waals surface area (Å²) in [6, 6.07) is 5.40. The van der Waals surface area contributed by atoms with Gasteiger partial charge < -0.3 is 14.8 Å². The van der Waals surface area contributed by atoms with Crippen molar-refractivity contribution in [3.8, 4) is 11.5 Å². The molecule has 2 amide bonds. The van der Waals surface area contributed by atoms with Gasteiger partial charge in [0.25, 0.3) is 5.91 Å². The molecule has 1 aromatic carbocycles. The van der Waals surface area contributed by atoms with Gasteiger partial charge in [-0.05, 0) is 50.3 Å². The maximum absolute atomic E-state index is 13.0. The third-order valence-electron chi connectivity index (χ3n) is 6.33. The maximum atomic E-state index is 13.0. The molecule has 2 heterocycles. The average molecular weight is 442 g/mol. The van der Waals surface area contributed by atoms with Crippen LogP contribution in [0.25, 0.3) is 0 Å². The number of rotatable bonds is 4. The average Bonchev–Trinajstić information content (AvgIpc) is 3.33. The molecular formula is C23H27N3O4S. The molecule has 7 nitrogen and oxygen atoms in total. The Morgan fingerprint density at radius 3 is 2.65 bits per heavy atom. The minimum absolute atomic E-state index is 0.0896. The molecule has 1 fully saturated rings. The van der Waals surface area contributed by atoms with Gasteiger partial charge in [-0.2, -0.15) is 0 Å². The summed E-state index contributed by atoms with van der Waals surface area (Å²) < 4.78 is 10.7. The predicted molar refractivity (Wildman–Crippen MR) is 118 cm³/mol. The molecule has 1 aliphatic heterocycles. The van der Waals surface area contributed by atoms with Crippen LogP contribution in [0, 0.1) is 0 Å². The number of anilines is 1. The lowest BCUT2D eigenvalue weighted by Gasteiger charge is -2.24. The van der Waals surface area contributed by atoms with Crippen LogP contribution in [0.5, 0.6) is 11.5 Å². The summed E-state index contributed by atoms with van der Waals surface area (Å²) in [7, 11) is 0. The molecule has 1 unspecified atom stereocenters. The van der Waals surface area contributed by atoms with Gasteiger partial charge >= 0.3 is 0 Å². The van der Waals surface area contributed by atoms with E-state index in [2.05, 4.69) is 15.6 Å². The van der Waals surface area contributed by atoms with Crippen molar-refractivity contribution >= 4 is 28.3 Å². The summed E-state index contributed by atoms with van der Waals surface area (Å²) in [6.45, 7) is 0.171. The van der Waals surface area contributed by atoms with E-state index >= 15 is 0 Å². The van der Waals surface area contributed by atoms with Gasteiger partial charge in [-0.1, -0.05) is 25.7 Å². The third kappa shape index (κ3) is 4.39. The van der Waals surface area contributed by atoms with Crippen molar-refractivity contribution in [2.45, 2.75) is 69.7 Å². The second-order valence-corrected chi connectivity index (χ2v) is 9.58. The first kappa shape index (κ1) is 20.3. The first-order valence-corrected chi connectivity index (χ1v) is 12.0. The van der Waals surface area contributed by atoms with E-state index in [-0.39, 0.29) is 30.6 Å². The molecule has 1 saturated carbocycles. The summed E-state index contributed by atoms with van der Waals surface area (Å²) in [5, 5.41) is 6.72. The van der Waals surface area contributed by atoms with E-state index in [1.54, 1.807) is 18.2 Å². The van der Waals surface area contributed by atoms with Crippen LogP contribution in [-0.4, -0.2) is 29.6 Å². The molecule has 2 aliphatic carbocycles. The fourth-order valence-electron chi connectivity index (χ4n) is 4.66. The minimum atomic E-state index is -0.246. The van der Waals surface area contributed by atoms with Crippen LogP contribution in [0.3, 0.4) is 0 Å². The Morgan fingerprint density at radius 1 is 1.00 bits per heavy atom. The molecule has 1 atom stereocenters. The maximum Gasteiger partial charge on any atom is 0.257 e. The molecule has 8 heteroatoms. The van der Waals surface area contributed by atoms with Gasteiger partial charge in [0.1, 0.15) is 0 Å². The molecule has 5 rings (SSSR count). The Balaban J connectivity index is 1.28. The number of nitrogens with one attached hydrogen (secondary N) is 2. The number of fused-ring (bicyclic) bond motifs is 2. The summed E-state index contributed by atoms with van der Waals surface area (Å²) >= 11 is 1.48. The van der Waals surface area contributed by atoms with Crippen molar-refractivity contribution in [3.05, 3.63) is 34.3 Å². The second kappa shape index (κ2) is 8.86. The van der Waals surface area contributed by atoms with Crippen LogP contribution < -0.4 is 20.1 Å². The van der Waals surface area contributed by atoms with Crippen molar-refractivity contribution in [2.75, 3.05) is 12.1 Å². The van der Waals surface area contributed by atoms with Crippen LogP contribution in [0.1, 0.15) is 78.2 Å². The quantitative estimate of drug-likeness (QED) is 0.687. The van der Waals surface area contributed by atoms with Crippen LogP contribution >= 0.6 is 11.3 Å². The largest absolute Gasteiger partial charge is 0.454 e. The van der Waals surface area contributed by atoms with Crippen LogP contribution in [-0.2, 0) is 11.2 Å². The van der Waals surface area contributed by atoms with Crippen molar-refractivity contribution in [1.29, 1.82) is 0 Å². The highest BCUT2D eigenvalue weighted by Crippen LogP contribution is 2.38. The molecular weight excluding hydrogens is 414 g/mol. The van der Waals surface area contributed by atoms with Crippen molar-refractivity contribution in [2.24, 2.45) is 0 Å². The fourth-order valence-corrected chi connectivity index (χ4v) is 5.72. The number of hydrogen-bond donors (Lipinski definition) is 2. The minimum Gasteiger partial charge on any atom is -0.454 e. The number of aromatic nitrogens is 1. The number of ether oxygens (including phenoxy) is 2. The SMILES string of the molecule is O=C(Nc1nc2c(s1)CCCC2C(=O)NC1CCCCCC1)c1ccc2c(c1)OCO2. The standard InChI is InChI=1S/C23H27N3O4S/c27-21(14-10-11-17-18(12-14)30-13-29-17)26-23-25-20-16(8-5-9-19(20)31-23)22(28)24-15-6-3-1-2-4-7-15/h10-12,15-16H,1-9,13H2,(H,24,28)(H,25,26,27). The van der Waals surface area contributed by atoms with Crippen LogP contribution in [0.4, 0.5) is 5.13 Å². The lowest BCUT2D eigenvalue weighted by atomic mass is 9.90. The monoisotopic (exact) mass is 441 g/mol. The Morgan fingerprint density at radius 2 is 1.81 bits per heavy atom. The smallest absolute Gasteiger partial charge is 0.257 e. The van der Waals surface area contributed by atoms with E-state index in [4.69, 9.17) is 9.47 Å². The number of carbonyl (C=O) groups excluding carboxylic acids is 2. The van der Waals surface area contributed by atoms with Gasteiger partial charge in [0.05, 0.1) is 11.6 Å². The van der Waals surface area contributed by atoms with Gasteiger partial charge in [0.2, 0.25) is 12.7 Å². The van der Waals surface area contributed by atoms with E-state index in [9.17, 15) is 9.59 Å². The Labute approximate surface area is 185 Å². The molecule has 2 aromatic rings. The molecule has 0 bridgehead atoms. The highest BCUT2D eigenvalue weighted by atomic mass is 32.1. The molecule has 0 spiro atoms. The Hall–Kier alpha value is -2.61. The van der Waals surface area contributed by atoms with Crippen LogP contribution in [0.2, 0.25) is 0 Å². The molecule has 2 N–H and O–H groups in total. The lowest BCUT2D eigenvalue weighted by Crippen LogP contribution is -2.38. The lowest BCUT2D eigenvalue weighted by molar-refractivity contribution is -0.123. The summed E-state index contributed by atoms with van der Waals surface area (Å²) in [5.74, 6) is 0.834. The molecule has 164 valence electrons. The summed E-state index contributed by atoms with van der Waals surface area (Å²) in [6.07, 6.45) is 9.72. The number of thiazole rings is 1. The summed E-state index contributed by atoms with van der Waals surface area (Å²) in [5.41, 5.74) is 1.32. The van der Waals surface area contributed by atoms with Gasteiger partial charge in [-0.25, -0.2) is 4.98 Å². The number of aryl methyl sites for hydroxylation is 1. The van der Waals surface area contributed by atoms with E-state index in [1.807, 2.05) is 0 Å². The number of carbonyl (C=O) groups is 2. The van der Waals surface area contributed by atoms with E-state index in [0.717, 1.165) is 42.7 Å². The zero-order valence-electron chi connectivity index (χ0n) is 17.4. The molecule has 0 radical (unpaired) electrons. The van der Waals surface area contributed by atoms with E-state index < -0.39 is 0 Å². The van der Waals surface area contributed by atoms with Crippen molar-refractivity contribution in [3.63, 3.8) is 0 Å².